The van der Waals surface area contributed by atoms with Crippen molar-refractivity contribution in [3.63, 3.8) is 0 Å². The fraction of sp³-hybridized carbons (Fsp3) is 0.400. The second-order valence-corrected chi connectivity index (χ2v) is 7.01. The van der Waals surface area contributed by atoms with Crippen LogP contribution in [0.1, 0.15) is 12.8 Å². The van der Waals surface area contributed by atoms with E-state index < -0.39 is 10.0 Å². The molecule has 0 atom stereocenters. The summed E-state index contributed by atoms with van der Waals surface area (Å²) in [6.45, 7) is 0.501. The summed E-state index contributed by atoms with van der Waals surface area (Å²) in [7, 11) is -3.33. The molecular weight excluding hydrogens is 405 g/mol. The Bertz CT molecular complexity index is 419. The maximum absolute atomic E-state index is 11.8. The molecule has 1 rings (SSSR count). The van der Waals surface area contributed by atoms with Crippen LogP contribution in [0.15, 0.2) is 33.6 Å². The van der Waals surface area contributed by atoms with Crippen molar-refractivity contribution in [3.05, 3.63) is 28.7 Å². The lowest BCUT2D eigenvalue weighted by Crippen LogP contribution is -2.24. The van der Waals surface area contributed by atoms with E-state index >= 15 is 0 Å². The molecule has 90 valence electrons. The zero-order valence-corrected chi connectivity index (χ0v) is 13.2. The number of nitrogens with one attached hydrogen (secondary N) is 1. The van der Waals surface area contributed by atoms with Crippen LogP contribution in [-0.2, 0) is 10.0 Å². The van der Waals surface area contributed by atoms with Crippen LogP contribution in [0, 0.1) is 0 Å². The van der Waals surface area contributed by atoms with Gasteiger partial charge in [0.1, 0.15) is 0 Å². The Hall–Kier alpha value is 0.340. The minimum atomic E-state index is -3.33. The van der Waals surface area contributed by atoms with Gasteiger partial charge < -0.3 is 0 Å². The molecule has 0 aliphatic carbocycles. The van der Waals surface area contributed by atoms with Gasteiger partial charge in [-0.3, -0.25) is 0 Å². The number of rotatable bonds is 6. The zero-order chi connectivity index (χ0) is 12.0. The van der Waals surface area contributed by atoms with Crippen LogP contribution in [0.3, 0.4) is 0 Å². The molecule has 6 heteroatoms. The van der Waals surface area contributed by atoms with Crippen molar-refractivity contribution in [3.8, 4) is 0 Å². The van der Waals surface area contributed by atoms with Crippen LogP contribution in [0.2, 0.25) is 0 Å². The van der Waals surface area contributed by atoms with E-state index in [2.05, 4.69) is 43.2 Å². The third kappa shape index (κ3) is 4.68. The molecule has 16 heavy (non-hydrogen) atoms. The Morgan fingerprint density at radius 2 is 1.81 bits per heavy atom. The quantitative estimate of drug-likeness (QED) is 0.439. The lowest BCUT2D eigenvalue weighted by molar-refractivity contribution is 0.578. The molecule has 1 N–H and O–H groups in total. The molecule has 0 heterocycles. The largest absolute Gasteiger partial charge is 0.240 e. The van der Waals surface area contributed by atoms with E-state index in [0.29, 0.717) is 11.4 Å². The molecule has 0 fully saturated rings. The van der Waals surface area contributed by atoms with Crippen molar-refractivity contribution >= 4 is 48.5 Å². The first kappa shape index (κ1) is 14.4. The van der Waals surface area contributed by atoms with Gasteiger partial charge in [-0.1, -0.05) is 38.5 Å². The van der Waals surface area contributed by atoms with Crippen LogP contribution in [0.25, 0.3) is 0 Å². The van der Waals surface area contributed by atoms with Gasteiger partial charge in [0.15, 0.2) is 0 Å². The minimum Gasteiger partial charge on any atom is -0.211 e. The topological polar surface area (TPSA) is 46.2 Å². The van der Waals surface area contributed by atoms with Gasteiger partial charge in [0, 0.05) is 11.0 Å². The molecule has 3 nitrogen and oxygen atoms in total. The van der Waals surface area contributed by atoms with Gasteiger partial charge in [-0.15, -0.1) is 0 Å². The number of hydrogen-bond donors (Lipinski definition) is 1. The van der Waals surface area contributed by atoms with Crippen molar-refractivity contribution in [2.45, 2.75) is 17.7 Å². The summed E-state index contributed by atoms with van der Waals surface area (Å²) in [6, 6.07) is 6.62. The van der Waals surface area contributed by atoms with Gasteiger partial charge in [-0.05, 0) is 41.5 Å². The lowest BCUT2D eigenvalue weighted by Gasteiger charge is -2.06. The summed E-state index contributed by atoms with van der Waals surface area (Å²) >= 11 is 5.55. The number of sulfonamides is 1. The summed E-state index contributed by atoms with van der Waals surface area (Å²) in [6.07, 6.45) is 1.90. The van der Waals surface area contributed by atoms with E-state index in [9.17, 15) is 8.42 Å². The summed E-state index contributed by atoms with van der Waals surface area (Å²) in [5, 5.41) is 0. The molecular formula is C10H13BrINO2S. The highest BCUT2D eigenvalue weighted by atomic mass is 127. The van der Waals surface area contributed by atoms with Gasteiger partial charge in [0.25, 0.3) is 0 Å². The maximum atomic E-state index is 11.8. The van der Waals surface area contributed by atoms with Crippen molar-refractivity contribution in [2.75, 3.05) is 11.0 Å². The number of alkyl halides is 1. The normalized spacial score (nSPS) is 11.6. The third-order valence-electron chi connectivity index (χ3n) is 1.98. The number of unbranched alkanes of at least 4 members (excludes halogenated alkanes) is 1. The molecule has 0 bridgehead atoms. The molecule has 0 spiro atoms. The average molecular weight is 418 g/mol. The molecule has 0 aromatic heterocycles. The molecule has 0 radical (unpaired) electrons. The number of halogens is 2. The molecule has 1 aromatic rings. The van der Waals surface area contributed by atoms with Gasteiger partial charge in [-0.2, -0.15) is 0 Å². The van der Waals surface area contributed by atoms with Crippen LogP contribution in [-0.4, -0.2) is 19.4 Å². The summed E-state index contributed by atoms with van der Waals surface area (Å²) in [4.78, 5) is 0.310. The second kappa shape index (κ2) is 6.93. The van der Waals surface area contributed by atoms with Gasteiger partial charge in [0.05, 0.1) is 4.90 Å². The van der Waals surface area contributed by atoms with Gasteiger partial charge in [-0.25, -0.2) is 13.1 Å². The molecule has 0 saturated heterocycles. The van der Waals surface area contributed by atoms with E-state index in [1.807, 2.05) is 0 Å². The number of hydrogen-bond acceptors (Lipinski definition) is 2. The fourth-order valence-electron chi connectivity index (χ4n) is 1.12. The first-order valence-electron chi connectivity index (χ1n) is 4.87. The molecule has 1 aromatic carbocycles. The van der Waals surface area contributed by atoms with Crippen LogP contribution >= 0.6 is 38.5 Å². The predicted molar refractivity (Wildman–Crippen MR) is 77.5 cm³/mol. The van der Waals surface area contributed by atoms with E-state index in [-0.39, 0.29) is 0 Å². The Kier molecular flexibility index (Phi) is 6.23. The summed E-state index contributed by atoms with van der Waals surface area (Å²) in [5.41, 5.74) is 0. The molecule has 0 saturated carbocycles. The van der Waals surface area contributed by atoms with Crippen LogP contribution < -0.4 is 4.72 Å². The maximum Gasteiger partial charge on any atom is 0.240 e. The monoisotopic (exact) mass is 417 g/mol. The van der Waals surface area contributed by atoms with E-state index in [1.165, 1.54) is 0 Å². The standard InChI is InChI=1S/C10H13BrINO2S/c11-9-3-5-10(6-4-9)16(14,15)13-8-2-1-7-12/h3-6,13H,1-2,7-8H2. The Morgan fingerprint density at radius 1 is 1.19 bits per heavy atom. The number of benzene rings is 1. The second-order valence-electron chi connectivity index (χ2n) is 3.25. The summed E-state index contributed by atoms with van der Waals surface area (Å²) in [5.74, 6) is 0. The first-order valence-corrected chi connectivity index (χ1v) is 8.67. The minimum absolute atomic E-state index is 0.310. The Labute approximate surface area is 118 Å². The first-order chi connectivity index (χ1) is 7.56. The van der Waals surface area contributed by atoms with E-state index in [4.69, 9.17) is 0 Å². The highest BCUT2D eigenvalue weighted by molar-refractivity contribution is 14.1. The van der Waals surface area contributed by atoms with Gasteiger partial charge >= 0.3 is 0 Å². The van der Waals surface area contributed by atoms with Crippen molar-refractivity contribution < 1.29 is 8.42 Å². The predicted octanol–water partition coefficient (Wildman–Crippen LogP) is 2.94. The molecule has 0 unspecified atom stereocenters. The smallest absolute Gasteiger partial charge is 0.211 e. The molecule has 0 amide bonds. The van der Waals surface area contributed by atoms with Crippen molar-refractivity contribution in [1.29, 1.82) is 0 Å². The molecule has 0 aliphatic heterocycles. The van der Waals surface area contributed by atoms with Gasteiger partial charge in [0.2, 0.25) is 10.0 Å². The average Bonchev–Trinajstić information content (AvgIpc) is 2.25. The molecule has 0 aliphatic rings. The zero-order valence-electron chi connectivity index (χ0n) is 8.62. The highest BCUT2D eigenvalue weighted by Gasteiger charge is 2.12. The third-order valence-corrected chi connectivity index (χ3v) is 4.74. The van der Waals surface area contributed by atoms with Crippen molar-refractivity contribution in [1.82, 2.24) is 4.72 Å². The highest BCUT2D eigenvalue weighted by Crippen LogP contribution is 2.14. The van der Waals surface area contributed by atoms with Crippen molar-refractivity contribution in [2.24, 2.45) is 0 Å². The Morgan fingerprint density at radius 3 is 2.38 bits per heavy atom. The fourth-order valence-corrected chi connectivity index (χ4v) is 3.00. The van der Waals surface area contributed by atoms with E-state index in [1.54, 1.807) is 24.3 Å². The van der Waals surface area contributed by atoms with E-state index in [0.717, 1.165) is 21.7 Å². The Balaban J connectivity index is 2.60. The van der Waals surface area contributed by atoms with Crippen LogP contribution in [0.4, 0.5) is 0 Å². The SMILES string of the molecule is O=S(=O)(NCCCCI)c1ccc(Br)cc1. The summed E-state index contributed by atoms with van der Waals surface area (Å²) < 4.78 is 28.1. The van der Waals surface area contributed by atoms with Crippen LogP contribution in [0.5, 0.6) is 0 Å². The lowest BCUT2D eigenvalue weighted by atomic mass is 10.3.